The molecule has 1 heterocycles. The van der Waals surface area contributed by atoms with E-state index in [1.54, 1.807) is 6.07 Å². The largest absolute Gasteiger partial charge is 0.333 e. The van der Waals surface area contributed by atoms with Crippen molar-refractivity contribution >= 4 is 17.5 Å². The van der Waals surface area contributed by atoms with Gasteiger partial charge in [0.2, 0.25) is 5.91 Å². The van der Waals surface area contributed by atoms with Crippen LogP contribution in [-0.2, 0) is 4.79 Å². The van der Waals surface area contributed by atoms with Crippen molar-refractivity contribution in [2.45, 2.75) is 40.2 Å². The Morgan fingerprint density at radius 3 is 2.74 bits per heavy atom. The van der Waals surface area contributed by atoms with Crippen molar-refractivity contribution in [3.8, 4) is 0 Å². The fourth-order valence-corrected chi connectivity index (χ4v) is 2.82. The molecule has 2 N–H and O–H groups in total. The second-order valence-corrected chi connectivity index (χ2v) is 6.73. The summed E-state index contributed by atoms with van der Waals surface area (Å²) >= 11 is 0. The van der Waals surface area contributed by atoms with Crippen LogP contribution in [0.4, 0.5) is 5.69 Å². The molecule has 0 radical (unpaired) electrons. The van der Waals surface area contributed by atoms with Crippen LogP contribution >= 0.6 is 0 Å². The number of amides is 2. The first-order valence-corrected chi connectivity index (χ1v) is 8.30. The number of benzene rings is 1. The predicted octanol–water partition coefficient (Wildman–Crippen LogP) is 2.41. The lowest BCUT2D eigenvalue weighted by Gasteiger charge is -2.34. The summed E-state index contributed by atoms with van der Waals surface area (Å²) in [5.74, 6) is 0.394. The molecule has 0 saturated carbocycles. The maximum absolute atomic E-state index is 12.7. The smallest absolute Gasteiger partial charge is 0.254 e. The molecule has 0 aromatic heterocycles. The van der Waals surface area contributed by atoms with E-state index in [-0.39, 0.29) is 17.9 Å². The van der Waals surface area contributed by atoms with Crippen LogP contribution in [0.2, 0.25) is 0 Å². The molecule has 2 rings (SSSR count). The van der Waals surface area contributed by atoms with Crippen LogP contribution in [0.5, 0.6) is 0 Å². The van der Waals surface area contributed by atoms with E-state index in [2.05, 4.69) is 17.6 Å². The lowest BCUT2D eigenvalue weighted by atomic mass is 10.1. The van der Waals surface area contributed by atoms with Gasteiger partial charge in [-0.2, -0.15) is 0 Å². The number of hydrogen-bond donors (Lipinski definition) is 2. The third-order valence-electron chi connectivity index (χ3n) is 4.10. The SMILES string of the molecule is Cc1cc(C(=O)N2CCNC[C@H]2C)ccc1NC(=O)CC(C)C. The minimum atomic E-state index is 0.0119. The molecule has 126 valence electrons. The van der Waals surface area contributed by atoms with E-state index in [0.717, 1.165) is 30.9 Å². The van der Waals surface area contributed by atoms with Gasteiger partial charge < -0.3 is 15.5 Å². The van der Waals surface area contributed by atoms with Crippen LogP contribution in [0.15, 0.2) is 18.2 Å². The molecular weight excluding hydrogens is 290 g/mol. The van der Waals surface area contributed by atoms with E-state index >= 15 is 0 Å². The maximum Gasteiger partial charge on any atom is 0.254 e. The van der Waals surface area contributed by atoms with Gasteiger partial charge >= 0.3 is 0 Å². The summed E-state index contributed by atoms with van der Waals surface area (Å²) in [5.41, 5.74) is 2.37. The van der Waals surface area contributed by atoms with E-state index in [0.29, 0.717) is 17.9 Å². The van der Waals surface area contributed by atoms with Crippen LogP contribution in [0.1, 0.15) is 43.1 Å². The molecule has 5 nitrogen and oxygen atoms in total. The number of carbonyl (C=O) groups excluding carboxylic acids is 2. The van der Waals surface area contributed by atoms with Gasteiger partial charge in [0, 0.05) is 43.3 Å². The first-order valence-electron chi connectivity index (χ1n) is 8.30. The zero-order valence-electron chi connectivity index (χ0n) is 14.5. The summed E-state index contributed by atoms with van der Waals surface area (Å²) in [6, 6.07) is 5.69. The van der Waals surface area contributed by atoms with E-state index in [9.17, 15) is 9.59 Å². The van der Waals surface area contributed by atoms with Crippen molar-refractivity contribution in [1.82, 2.24) is 10.2 Å². The number of hydrogen-bond acceptors (Lipinski definition) is 3. The molecule has 1 aromatic rings. The molecule has 1 atom stereocenters. The Bertz CT molecular complexity index is 584. The van der Waals surface area contributed by atoms with Crippen molar-refractivity contribution in [2.24, 2.45) is 5.92 Å². The number of rotatable bonds is 4. The Balaban J connectivity index is 2.09. The molecule has 23 heavy (non-hydrogen) atoms. The Hall–Kier alpha value is -1.88. The number of nitrogens with one attached hydrogen (secondary N) is 2. The van der Waals surface area contributed by atoms with Crippen molar-refractivity contribution in [1.29, 1.82) is 0 Å². The highest BCUT2D eigenvalue weighted by molar-refractivity contribution is 5.96. The van der Waals surface area contributed by atoms with Crippen LogP contribution in [-0.4, -0.2) is 42.4 Å². The quantitative estimate of drug-likeness (QED) is 0.896. The zero-order valence-corrected chi connectivity index (χ0v) is 14.5. The Morgan fingerprint density at radius 2 is 2.13 bits per heavy atom. The van der Waals surface area contributed by atoms with Gasteiger partial charge in [-0.15, -0.1) is 0 Å². The highest BCUT2D eigenvalue weighted by atomic mass is 16.2. The molecule has 0 aliphatic carbocycles. The first kappa shape index (κ1) is 17.5. The van der Waals surface area contributed by atoms with Crippen LogP contribution < -0.4 is 10.6 Å². The monoisotopic (exact) mass is 317 g/mol. The Labute approximate surface area is 138 Å². The normalized spacial score (nSPS) is 18.1. The summed E-state index contributed by atoms with van der Waals surface area (Å²) in [6.07, 6.45) is 0.498. The average molecular weight is 317 g/mol. The number of nitrogens with zero attached hydrogens (tertiary/aromatic N) is 1. The average Bonchev–Trinajstić information content (AvgIpc) is 2.48. The van der Waals surface area contributed by atoms with Crippen molar-refractivity contribution in [2.75, 3.05) is 25.0 Å². The van der Waals surface area contributed by atoms with Gasteiger partial charge in [-0.25, -0.2) is 0 Å². The number of piperazine rings is 1. The molecule has 1 aliphatic heterocycles. The Morgan fingerprint density at radius 1 is 1.39 bits per heavy atom. The number of anilines is 1. The second kappa shape index (κ2) is 7.59. The topological polar surface area (TPSA) is 61.4 Å². The minimum absolute atomic E-state index is 0.0119. The fraction of sp³-hybridized carbons (Fsp3) is 0.556. The Kier molecular flexibility index (Phi) is 5.77. The van der Waals surface area contributed by atoms with Gasteiger partial charge in [0.05, 0.1) is 0 Å². The second-order valence-electron chi connectivity index (χ2n) is 6.73. The van der Waals surface area contributed by atoms with Gasteiger partial charge in [-0.3, -0.25) is 9.59 Å². The maximum atomic E-state index is 12.7. The van der Waals surface area contributed by atoms with Gasteiger partial charge in [0.25, 0.3) is 5.91 Å². The van der Waals surface area contributed by atoms with Crippen LogP contribution in [0, 0.1) is 12.8 Å². The number of carbonyl (C=O) groups is 2. The van der Waals surface area contributed by atoms with Gasteiger partial charge in [-0.1, -0.05) is 13.8 Å². The molecule has 1 fully saturated rings. The van der Waals surface area contributed by atoms with Crippen LogP contribution in [0.25, 0.3) is 0 Å². The third kappa shape index (κ3) is 4.55. The summed E-state index contributed by atoms with van der Waals surface area (Å²) in [6.45, 7) is 10.4. The molecule has 0 bridgehead atoms. The lowest BCUT2D eigenvalue weighted by Crippen LogP contribution is -2.52. The highest BCUT2D eigenvalue weighted by Crippen LogP contribution is 2.19. The molecule has 0 spiro atoms. The molecular formula is C18H27N3O2. The van der Waals surface area contributed by atoms with E-state index < -0.39 is 0 Å². The van der Waals surface area contributed by atoms with E-state index in [1.807, 2.05) is 37.8 Å². The summed E-state index contributed by atoms with van der Waals surface area (Å²) in [4.78, 5) is 26.4. The third-order valence-corrected chi connectivity index (χ3v) is 4.10. The van der Waals surface area contributed by atoms with E-state index in [1.165, 1.54) is 0 Å². The molecule has 0 unspecified atom stereocenters. The zero-order chi connectivity index (χ0) is 17.0. The summed E-state index contributed by atoms with van der Waals surface area (Å²) in [5, 5.41) is 6.21. The van der Waals surface area contributed by atoms with Crippen molar-refractivity contribution in [3.05, 3.63) is 29.3 Å². The molecule has 5 heteroatoms. The van der Waals surface area contributed by atoms with Crippen molar-refractivity contribution in [3.63, 3.8) is 0 Å². The van der Waals surface area contributed by atoms with Crippen molar-refractivity contribution < 1.29 is 9.59 Å². The van der Waals surface area contributed by atoms with Gasteiger partial charge in [0.15, 0.2) is 0 Å². The molecule has 2 amide bonds. The number of aryl methyl sites for hydroxylation is 1. The summed E-state index contributed by atoms with van der Waals surface area (Å²) in [7, 11) is 0. The predicted molar refractivity (Wildman–Crippen MR) is 92.6 cm³/mol. The standard InChI is InChI=1S/C18H27N3O2/c1-12(2)9-17(22)20-16-6-5-15(10-13(16)3)18(23)21-8-7-19-11-14(21)4/h5-6,10,12,14,19H,7-9,11H2,1-4H3,(H,20,22)/t14-/m1/s1. The minimum Gasteiger partial charge on any atom is -0.333 e. The van der Waals surface area contributed by atoms with Gasteiger partial charge in [0.1, 0.15) is 0 Å². The molecule has 1 aliphatic rings. The summed E-state index contributed by atoms with van der Waals surface area (Å²) < 4.78 is 0. The molecule has 1 saturated heterocycles. The van der Waals surface area contributed by atoms with E-state index in [4.69, 9.17) is 0 Å². The molecule has 1 aromatic carbocycles. The van der Waals surface area contributed by atoms with Gasteiger partial charge in [-0.05, 0) is 43.5 Å². The lowest BCUT2D eigenvalue weighted by molar-refractivity contribution is -0.116. The first-order chi connectivity index (χ1) is 10.9. The van der Waals surface area contributed by atoms with Crippen LogP contribution in [0.3, 0.4) is 0 Å². The fourth-order valence-electron chi connectivity index (χ4n) is 2.82. The highest BCUT2D eigenvalue weighted by Gasteiger charge is 2.24.